The molecule has 4 aromatic rings. The number of hydrogen-bond donors (Lipinski definition) is 0. The van der Waals surface area contributed by atoms with Crippen LogP contribution in [-0.4, -0.2) is 41.4 Å². The molecule has 0 aliphatic carbocycles. The third-order valence-electron chi connectivity index (χ3n) is 7.17. The maximum absolute atomic E-state index is 13.6. The number of fused-ring (bicyclic) bond motifs is 1. The van der Waals surface area contributed by atoms with Crippen LogP contribution in [0, 0.1) is 18.3 Å². The average Bonchev–Trinajstić information content (AvgIpc) is 2.92. The first-order chi connectivity index (χ1) is 17.9. The standard InChI is InChI=1S/C31H32N4O2/c1-5-37-35-22(3)19-33(20-23(35)4)26-13-15-27(16-14-26)34-18-21(2)30-28(7-6-8-29(30)31(34)36)25-11-9-24(17-32)10-12-25/h6-16,18,22-23H,5,19-20H2,1-4H3/t22-,23-/m1/s1. The van der Waals surface area contributed by atoms with Gasteiger partial charge >= 0.3 is 0 Å². The summed E-state index contributed by atoms with van der Waals surface area (Å²) in [6, 6.07) is 24.3. The molecule has 0 bridgehead atoms. The number of rotatable bonds is 5. The van der Waals surface area contributed by atoms with Crippen molar-refractivity contribution in [3.63, 3.8) is 0 Å². The fourth-order valence-corrected chi connectivity index (χ4v) is 5.50. The summed E-state index contributed by atoms with van der Waals surface area (Å²) in [5, 5.41) is 12.9. The van der Waals surface area contributed by atoms with E-state index < -0.39 is 0 Å². The lowest BCUT2D eigenvalue weighted by Crippen LogP contribution is -2.56. The molecule has 1 saturated heterocycles. The quantitative estimate of drug-likeness (QED) is 0.358. The Kier molecular flexibility index (Phi) is 6.84. The first-order valence-corrected chi connectivity index (χ1v) is 12.8. The molecule has 2 atom stereocenters. The minimum Gasteiger partial charge on any atom is -0.368 e. The Morgan fingerprint density at radius 3 is 2.22 bits per heavy atom. The lowest BCUT2D eigenvalue weighted by atomic mass is 9.96. The van der Waals surface area contributed by atoms with Gasteiger partial charge in [0.1, 0.15) is 0 Å². The van der Waals surface area contributed by atoms with Crippen LogP contribution >= 0.6 is 0 Å². The lowest BCUT2D eigenvalue weighted by molar-refractivity contribution is -0.206. The molecule has 1 aromatic heterocycles. The van der Waals surface area contributed by atoms with Crippen LogP contribution in [0.1, 0.15) is 31.9 Å². The van der Waals surface area contributed by atoms with Gasteiger partial charge in [0.25, 0.3) is 5.56 Å². The SMILES string of the molecule is CCON1[C@H](C)CN(c2ccc(-n3cc(C)c4c(-c5ccc(C#N)cc5)cccc4c3=O)cc2)C[C@H]1C. The van der Waals surface area contributed by atoms with Crippen molar-refractivity contribution in [2.75, 3.05) is 24.6 Å². The predicted molar refractivity (Wildman–Crippen MR) is 149 cm³/mol. The molecule has 0 spiro atoms. The average molecular weight is 493 g/mol. The lowest BCUT2D eigenvalue weighted by Gasteiger charge is -2.44. The third kappa shape index (κ3) is 4.64. The molecule has 1 aliphatic heterocycles. The maximum Gasteiger partial charge on any atom is 0.262 e. The van der Waals surface area contributed by atoms with Gasteiger partial charge in [-0.2, -0.15) is 10.3 Å². The van der Waals surface area contributed by atoms with Crippen molar-refractivity contribution in [2.45, 2.75) is 39.8 Å². The Labute approximate surface area is 217 Å². The van der Waals surface area contributed by atoms with Gasteiger partial charge in [-0.1, -0.05) is 24.3 Å². The van der Waals surface area contributed by atoms with Crippen LogP contribution in [0.4, 0.5) is 5.69 Å². The van der Waals surface area contributed by atoms with E-state index in [-0.39, 0.29) is 5.56 Å². The summed E-state index contributed by atoms with van der Waals surface area (Å²) < 4.78 is 1.74. The highest BCUT2D eigenvalue weighted by molar-refractivity contribution is 5.98. The number of piperazine rings is 1. The highest BCUT2D eigenvalue weighted by Crippen LogP contribution is 2.31. The molecule has 0 saturated carbocycles. The highest BCUT2D eigenvalue weighted by Gasteiger charge is 2.30. The van der Waals surface area contributed by atoms with Gasteiger partial charge in [-0.15, -0.1) is 0 Å². The number of anilines is 1. The molecular weight excluding hydrogens is 460 g/mol. The summed E-state index contributed by atoms with van der Waals surface area (Å²) in [7, 11) is 0. The number of nitriles is 1. The van der Waals surface area contributed by atoms with Gasteiger partial charge in [-0.25, -0.2) is 0 Å². The Morgan fingerprint density at radius 2 is 1.59 bits per heavy atom. The molecule has 1 fully saturated rings. The number of aryl methyl sites for hydroxylation is 1. The summed E-state index contributed by atoms with van der Waals surface area (Å²) >= 11 is 0. The number of hydroxylamine groups is 2. The molecule has 2 heterocycles. The van der Waals surface area contributed by atoms with Crippen LogP contribution < -0.4 is 10.5 Å². The maximum atomic E-state index is 13.6. The van der Waals surface area contributed by atoms with E-state index in [0.717, 1.165) is 46.5 Å². The second kappa shape index (κ2) is 10.2. The van der Waals surface area contributed by atoms with Crippen molar-refractivity contribution < 1.29 is 4.84 Å². The summed E-state index contributed by atoms with van der Waals surface area (Å²) in [5.41, 5.74) is 5.57. The van der Waals surface area contributed by atoms with Crippen molar-refractivity contribution >= 4 is 16.5 Å². The van der Waals surface area contributed by atoms with E-state index in [1.165, 1.54) is 0 Å². The third-order valence-corrected chi connectivity index (χ3v) is 7.17. The zero-order valence-electron chi connectivity index (χ0n) is 21.8. The topological polar surface area (TPSA) is 61.5 Å². The molecule has 0 radical (unpaired) electrons. The van der Waals surface area contributed by atoms with Gasteiger partial charge in [0.2, 0.25) is 0 Å². The molecule has 188 valence electrons. The minimum atomic E-state index is -0.0450. The van der Waals surface area contributed by atoms with Crippen molar-refractivity contribution in [1.29, 1.82) is 5.26 Å². The molecular formula is C31H32N4O2. The van der Waals surface area contributed by atoms with Gasteiger partial charge in [-0.3, -0.25) is 14.2 Å². The molecule has 3 aromatic carbocycles. The van der Waals surface area contributed by atoms with Crippen LogP contribution in [0.3, 0.4) is 0 Å². The summed E-state index contributed by atoms with van der Waals surface area (Å²) in [4.78, 5) is 21.8. The van der Waals surface area contributed by atoms with Gasteiger partial charge < -0.3 is 4.90 Å². The fraction of sp³-hybridized carbons (Fsp3) is 0.290. The van der Waals surface area contributed by atoms with E-state index in [0.29, 0.717) is 29.6 Å². The van der Waals surface area contributed by atoms with Gasteiger partial charge in [0, 0.05) is 36.0 Å². The molecule has 0 N–H and O–H groups in total. The monoisotopic (exact) mass is 492 g/mol. The highest BCUT2D eigenvalue weighted by atomic mass is 16.7. The van der Waals surface area contributed by atoms with E-state index >= 15 is 0 Å². The molecule has 6 heteroatoms. The van der Waals surface area contributed by atoms with E-state index in [9.17, 15) is 4.79 Å². The van der Waals surface area contributed by atoms with Gasteiger partial charge in [0.15, 0.2) is 0 Å². The number of nitrogens with zero attached hydrogens (tertiary/aromatic N) is 4. The largest absolute Gasteiger partial charge is 0.368 e. The fourth-order valence-electron chi connectivity index (χ4n) is 5.50. The van der Waals surface area contributed by atoms with Crippen LogP contribution in [0.5, 0.6) is 0 Å². The Balaban J connectivity index is 1.48. The smallest absolute Gasteiger partial charge is 0.262 e. The zero-order chi connectivity index (χ0) is 26.1. The minimum absolute atomic E-state index is 0.0450. The van der Waals surface area contributed by atoms with E-state index in [2.05, 4.69) is 42.0 Å². The molecule has 1 aliphatic rings. The van der Waals surface area contributed by atoms with Crippen LogP contribution in [0.2, 0.25) is 0 Å². The van der Waals surface area contributed by atoms with Crippen molar-refractivity contribution in [2.24, 2.45) is 0 Å². The second-order valence-corrected chi connectivity index (χ2v) is 9.80. The van der Waals surface area contributed by atoms with Crippen LogP contribution in [0.25, 0.3) is 27.6 Å². The predicted octanol–water partition coefficient (Wildman–Crippen LogP) is 5.69. The van der Waals surface area contributed by atoms with Crippen LogP contribution in [-0.2, 0) is 4.84 Å². The number of hydrogen-bond acceptors (Lipinski definition) is 5. The number of pyridine rings is 1. The summed E-state index contributed by atoms with van der Waals surface area (Å²) in [6.07, 6.45) is 1.93. The van der Waals surface area contributed by atoms with Crippen molar-refractivity contribution in [3.05, 3.63) is 94.4 Å². The summed E-state index contributed by atoms with van der Waals surface area (Å²) in [6.45, 7) is 10.9. The molecule has 0 unspecified atom stereocenters. The van der Waals surface area contributed by atoms with Gasteiger partial charge in [-0.05, 0) is 92.2 Å². The molecule has 37 heavy (non-hydrogen) atoms. The van der Waals surface area contributed by atoms with Crippen molar-refractivity contribution in [3.8, 4) is 22.9 Å². The number of aromatic nitrogens is 1. The van der Waals surface area contributed by atoms with E-state index in [1.54, 1.807) is 4.57 Å². The Bertz CT molecular complexity index is 1500. The first kappa shape index (κ1) is 24.8. The normalized spacial score (nSPS) is 18.2. The van der Waals surface area contributed by atoms with Gasteiger partial charge in [0.05, 0.1) is 30.3 Å². The number of benzene rings is 3. The molecule has 0 amide bonds. The molecule has 6 nitrogen and oxygen atoms in total. The summed E-state index contributed by atoms with van der Waals surface area (Å²) in [5.74, 6) is 0. The Morgan fingerprint density at radius 1 is 0.946 bits per heavy atom. The zero-order valence-corrected chi connectivity index (χ0v) is 21.8. The van der Waals surface area contributed by atoms with E-state index in [4.69, 9.17) is 10.1 Å². The van der Waals surface area contributed by atoms with E-state index in [1.807, 2.05) is 74.6 Å². The second-order valence-electron chi connectivity index (χ2n) is 9.80. The Hall–Kier alpha value is -3.92. The molecule has 5 rings (SSSR count). The van der Waals surface area contributed by atoms with Crippen LogP contribution in [0.15, 0.2) is 77.7 Å². The van der Waals surface area contributed by atoms with Crippen molar-refractivity contribution in [1.82, 2.24) is 9.63 Å². The first-order valence-electron chi connectivity index (χ1n) is 12.8.